The predicted octanol–water partition coefficient (Wildman–Crippen LogP) is 3.71. The third kappa shape index (κ3) is 3.50. The fourth-order valence-electron chi connectivity index (χ4n) is 1.81. The first-order valence-electron chi connectivity index (χ1n) is 4.94. The van der Waals surface area contributed by atoms with Crippen LogP contribution >= 0.6 is 11.8 Å². The fourth-order valence-corrected chi connectivity index (χ4v) is 3.18. The maximum atomic E-state index is 2.40. The van der Waals surface area contributed by atoms with Crippen LogP contribution in [0.5, 0.6) is 0 Å². The van der Waals surface area contributed by atoms with E-state index in [1.807, 2.05) is 0 Å². The lowest BCUT2D eigenvalue weighted by atomic mass is 9.91. The van der Waals surface area contributed by atoms with Gasteiger partial charge in [-0.15, -0.1) is 0 Å². The molecule has 0 amide bonds. The Labute approximate surface area is 75.1 Å². The SMILES string of the molecule is CCCSC1CCCC(C)C1. The van der Waals surface area contributed by atoms with Crippen molar-refractivity contribution in [3.63, 3.8) is 0 Å². The molecule has 2 unspecified atom stereocenters. The Morgan fingerprint density at radius 3 is 2.82 bits per heavy atom. The van der Waals surface area contributed by atoms with Crippen LogP contribution in [0.4, 0.5) is 0 Å². The second-order valence-electron chi connectivity index (χ2n) is 3.76. The maximum Gasteiger partial charge on any atom is 0.00495 e. The van der Waals surface area contributed by atoms with E-state index in [0.717, 1.165) is 11.2 Å². The Morgan fingerprint density at radius 1 is 1.36 bits per heavy atom. The van der Waals surface area contributed by atoms with Gasteiger partial charge in [-0.3, -0.25) is 0 Å². The van der Waals surface area contributed by atoms with Crippen molar-refractivity contribution in [2.24, 2.45) is 5.92 Å². The van der Waals surface area contributed by atoms with Gasteiger partial charge in [0.25, 0.3) is 0 Å². The second-order valence-corrected chi connectivity index (χ2v) is 5.17. The van der Waals surface area contributed by atoms with Gasteiger partial charge in [0.05, 0.1) is 0 Å². The van der Waals surface area contributed by atoms with Gasteiger partial charge in [0.2, 0.25) is 0 Å². The summed E-state index contributed by atoms with van der Waals surface area (Å²) >= 11 is 2.20. The minimum absolute atomic E-state index is 0.998. The molecule has 1 heteroatoms. The average Bonchev–Trinajstić information content (AvgIpc) is 2.01. The van der Waals surface area contributed by atoms with Crippen LogP contribution in [-0.2, 0) is 0 Å². The third-order valence-corrected chi connectivity index (χ3v) is 3.99. The number of rotatable bonds is 3. The summed E-state index contributed by atoms with van der Waals surface area (Å²) in [4.78, 5) is 0. The molecule has 0 radical (unpaired) electrons. The normalized spacial score (nSPS) is 32.2. The van der Waals surface area contributed by atoms with Crippen molar-refractivity contribution in [2.75, 3.05) is 5.75 Å². The van der Waals surface area contributed by atoms with Gasteiger partial charge in [-0.05, 0) is 30.9 Å². The zero-order chi connectivity index (χ0) is 8.10. The molecule has 1 saturated carbocycles. The van der Waals surface area contributed by atoms with Crippen LogP contribution in [0.1, 0.15) is 46.0 Å². The minimum Gasteiger partial charge on any atom is -0.159 e. The first-order chi connectivity index (χ1) is 5.33. The molecule has 11 heavy (non-hydrogen) atoms. The van der Waals surface area contributed by atoms with Crippen molar-refractivity contribution in [3.05, 3.63) is 0 Å². The average molecular weight is 172 g/mol. The van der Waals surface area contributed by atoms with E-state index < -0.39 is 0 Å². The van der Waals surface area contributed by atoms with Gasteiger partial charge in [-0.25, -0.2) is 0 Å². The molecule has 1 aliphatic rings. The molecule has 0 nitrogen and oxygen atoms in total. The lowest BCUT2D eigenvalue weighted by Crippen LogP contribution is -2.15. The molecule has 1 aliphatic carbocycles. The Balaban J connectivity index is 2.12. The molecule has 0 aliphatic heterocycles. The van der Waals surface area contributed by atoms with Crippen molar-refractivity contribution < 1.29 is 0 Å². The van der Waals surface area contributed by atoms with E-state index in [9.17, 15) is 0 Å². The van der Waals surface area contributed by atoms with Crippen LogP contribution in [0, 0.1) is 5.92 Å². The molecule has 0 aromatic heterocycles. The maximum absolute atomic E-state index is 2.40. The molecule has 1 fully saturated rings. The van der Waals surface area contributed by atoms with E-state index >= 15 is 0 Å². The summed E-state index contributed by atoms with van der Waals surface area (Å²) in [5.74, 6) is 2.37. The van der Waals surface area contributed by atoms with Crippen LogP contribution in [-0.4, -0.2) is 11.0 Å². The van der Waals surface area contributed by atoms with E-state index in [4.69, 9.17) is 0 Å². The fraction of sp³-hybridized carbons (Fsp3) is 1.00. The first-order valence-corrected chi connectivity index (χ1v) is 5.99. The highest BCUT2D eigenvalue weighted by molar-refractivity contribution is 7.99. The summed E-state index contributed by atoms with van der Waals surface area (Å²) in [5, 5.41) is 0.999. The monoisotopic (exact) mass is 172 g/mol. The summed E-state index contributed by atoms with van der Waals surface area (Å²) in [5.41, 5.74) is 0. The van der Waals surface area contributed by atoms with Gasteiger partial charge in [-0.2, -0.15) is 11.8 Å². The quantitative estimate of drug-likeness (QED) is 0.625. The Kier molecular flexibility index (Phi) is 4.36. The number of thioether (sulfide) groups is 1. The van der Waals surface area contributed by atoms with E-state index in [0.29, 0.717) is 0 Å². The van der Waals surface area contributed by atoms with Gasteiger partial charge in [0, 0.05) is 5.25 Å². The van der Waals surface area contributed by atoms with Gasteiger partial charge in [-0.1, -0.05) is 26.7 Å². The molecule has 0 saturated heterocycles. The summed E-state index contributed by atoms with van der Waals surface area (Å²) in [6.07, 6.45) is 7.25. The van der Waals surface area contributed by atoms with Crippen molar-refractivity contribution >= 4 is 11.8 Å². The summed E-state index contributed by atoms with van der Waals surface area (Å²) in [7, 11) is 0. The van der Waals surface area contributed by atoms with Gasteiger partial charge in [0.15, 0.2) is 0 Å². The van der Waals surface area contributed by atoms with Crippen molar-refractivity contribution in [1.82, 2.24) is 0 Å². The van der Waals surface area contributed by atoms with E-state index in [1.54, 1.807) is 0 Å². The molecule has 0 bridgehead atoms. The molecule has 0 heterocycles. The lowest BCUT2D eigenvalue weighted by Gasteiger charge is -2.25. The van der Waals surface area contributed by atoms with Crippen molar-refractivity contribution in [2.45, 2.75) is 51.2 Å². The molecular formula is C10H20S. The number of hydrogen-bond donors (Lipinski definition) is 0. The minimum atomic E-state index is 0.998. The summed E-state index contributed by atoms with van der Waals surface area (Å²) in [6, 6.07) is 0. The molecule has 1 rings (SSSR count). The third-order valence-electron chi connectivity index (χ3n) is 2.45. The van der Waals surface area contributed by atoms with Gasteiger partial charge < -0.3 is 0 Å². The second kappa shape index (κ2) is 5.08. The molecular weight excluding hydrogens is 152 g/mol. The summed E-state index contributed by atoms with van der Waals surface area (Å²) in [6.45, 7) is 4.68. The van der Waals surface area contributed by atoms with Crippen LogP contribution in [0.25, 0.3) is 0 Å². The van der Waals surface area contributed by atoms with Crippen LogP contribution in [0.15, 0.2) is 0 Å². The zero-order valence-electron chi connectivity index (χ0n) is 7.81. The molecule has 0 aromatic rings. The van der Waals surface area contributed by atoms with E-state index in [-0.39, 0.29) is 0 Å². The smallest absolute Gasteiger partial charge is 0.00495 e. The Morgan fingerprint density at radius 2 is 2.18 bits per heavy atom. The molecule has 0 aromatic carbocycles. The zero-order valence-corrected chi connectivity index (χ0v) is 8.62. The van der Waals surface area contributed by atoms with Crippen LogP contribution in [0.2, 0.25) is 0 Å². The highest BCUT2D eigenvalue weighted by atomic mass is 32.2. The van der Waals surface area contributed by atoms with Gasteiger partial charge in [0.1, 0.15) is 0 Å². The van der Waals surface area contributed by atoms with Crippen molar-refractivity contribution in [3.8, 4) is 0 Å². The van der Waals surface area contributed by atoms with Gasteiger partial charge >= 0.3 is 0 Å². The topological polar surface area (TPSA) is 0 Å². The summed E-state index contributed by atoms with van der Waals surface area (Å²) < 4.78 is 0. The first kappa shape index (κ1) is 9.44. The van der Waals surface area contributed by atoms with Crippen molar-refractivity contribution in [1.29, 1.82) is 0 Å². The highest BCUT2D eigenvalue weighted by Gasteiger charge is 2.18. The largest absolute Gasteiger partial charge is 0.159 e. The molecule has 66 valence electrons. The van der Waals surface area contributed by atoms with E-state index in [1.165, 1.54) is 37.9 Å². The predicted molar refractivity (Wildman–Crippen MR) is 54.2 cm³/mol. The molecule has 2 atom stereocenters. The molecule has 0 N–H and O–H groups in total. The van der Waals surface area contributed by atoms with Crippen LogP contribution in [0.3, 0.4) is 0 Å². The Bertz CT molecular complexity index is 101. The molecule has 0 spiro atoms. The van der Waals surface area contributed by atoms with Crippen LogP contribution < -0.4 is 0 Å². The lowest BCUT2D eigenvalue weighted by molar-refractivity contribution is 0.394. The number of hydrogen-bond acceptors (Lipinski definition) is 1. The standard InChI is InChI=1S/C10H20S/c1-3-7-11-10-6-4-5-9(2)8-10/h9-10H,3-8H2,1-2H3. The van der Waals surface area contributed by atoms with E-state index in [2.05, 4.69) is 25.6 Å². The Hall–Kier alpha value is 0.350. The highest BCUT2D eigenvalue weighted by Crippen LogP contribution is 2.31.